The van der Waals surface area contributed by atoms with Gasteiger partial charge in [0, 0.05) is 28.1 Å². The first-order chi connectivity index (χ1) is 12.9. The van der Waals surface area contributed by atoms with E-state index in [-0.39, 0.29) is 12.5 Å². The molecule has 0 aliphatic carbocycles. The molecular weight excluding hydrogens is 362 g/mol. The van der Waals surface area contributed by atoms with E-state index in [0.717, 1.165) is 11.3 Å². The molecule has 1 atom stereocenters. The summed E-state index contributed by atoms with van der Waals surface area (Å²) in [5.74, 6) is 0.146. The molecule has 0 saturated carbocycles. The molecule has 0 aliphatic heterocycles. The number of rotatable bonds is 6. The van der Waals surface area contributed by atoms with E-state index in [9.17, 15) is 9.90 Å². The van der Waals surface area contributed by atoms with Crippen molar-refractivity contribution in [1.29, 1.82) is 0 Å². The normalized spacial score (nSPS) is 12.2. The van der Waals surface area contributed by atoms with E-state index in [4.69, 9.17) is 0 Å². The van der Waals surface area contributed by atoms with Crippen LogP contribution in [-0.2, 0) is 0 Å². The van der Waals surface area contributed by atoms with E-state index >= 15 is 0 Å². The van der Waals surface area contributed by atoms with Crippen LogP contribution in [0.15, 0.2) is 24.5 Å². The van der Waals surface area contributed by atoms with Crippen LogP contribution in [0.1, 0.15) is 39.2 Å². The first-order valence-electron chi connectivity index (χ1n) is 8.82. The van der Waals surface area contributed by atoms with Crippen molar-refractivity contribution in [3.05, 3.63) is 45.5 Å². The third-order valence-corrected chi connectivity index (χ3v) is 5.34. The van der Waals surface area contributed by atoms with E-state index in [1.54, 1.807) is 29.1 Å². The zero-order valence-electron chi connectivity index (χ0n) is 15.9. The zero-order chi connectivity index (χ0) is 19.6. The summed E-state index contributed by atoms with van der Waals surface area (Å²) in [6.45, 7) is 8.01. The van der Waals surface area contributed by atoms with E-state index in [1.165, 1.54) is 16.0 Å². The molecule has 1 amide bonds. The lowest BCUT2D eigenvalue weighted by Crippen LogP contribution is -2.31. The van der Waals surface area contributed by atoms with Crippen molar-refractivity contribution < 1.29 is 9.90 Å². The molecular formula is C19H23N5O2S. The number of aromatic nitrogens is 4. The first-order valence-corrected chi connectivity index (χ1v) is 9.64. The van der Waals surface area contributed by atoms with Gasteiger partial charge in [-0.25, -0.2) is 14.6 Å². The fourth-order valence-corrected chi connectivity index (χ4v) is 3.70. The van der Waals surface area contributed by atoms with Gasteiger partial charge < -0.3 is 10.4 Å². The fraction of sp³-hybridized carbons (Fsp3) is 0.368. The van der Waals surface area contributed by atoms with Crippen molar-refractivity contribution in [3.63, 3.8) is 0 Å². The molecule has 8 heteroatoms. The van der Waals surface area contributed by atoms with Crippen LogP contribution in [0.5, 0.6) is 0 Å². The van der Waals surface area contributed by atoms with Crippen LogP contribution in [0.2, 0.25) is 0 Å². The SMILES string of the molecule is CCC(O)CNC(=O)c1cnn(-c2nccc(-c3cc(C)sc3C)n2)c1C. The Hall–Kier alpha value is -2.58. The van der Waals surface area contributed by atoms with Gasteiger partial charge in [-0.2, -0.15) is 5.10 Å². The maximum atomic E-state index is 12.4. The second-order valence-electron chi connectivity index (χ2n) is 6.40. The van der Waals surface area contributed by atoms with Gasteiger partial charge in [0.05, 0.1) is 29.3 Å². The van der Waals surface area contributed by atoms with Gasteiger partial charge in [-0.15, -0.1) is 11.3 Å². The molecule has 3 aromatic heterocycles. The van der Waals surface area contributed by atoms with Crippen molar-refractivity contribution >= 4 is 17.2 Å². The van der Waals surface area contributed by atoms with Crippen LogP contribution < -0.4 is 5.32 Å². The van der Waals surface area contributed by atoms with Crippen molar-refractivity contribution in [2.24, 2.45) is 0 Å². The average Bonchev–Trinajstić information content (AvgIpc) is 3.21. The molecule has 0 bridgehead atoms. The number of aryl methyl sites for hydroxylation is 2. The number of hydrogen-bond donors (Lipinski definition) is 2. The Labute approximate surface area is 162 Å². The Bertz CT molecular complexity index is 963. The standard InChI is InChI=1S/C19H23N5O2S/c1-5-14(25)9-21-18(26)16-10-22-24(12(16)3)19-20-7-6-17(23-19)15-8-11(2)27-13(15)4/h6-8,10,14,25H,5,9H2,1-4H3,(H,21,26). The lowest BCUT2D eigenvalue weighted by molar-refractivity contribution is 0.0913. The molecule has 3 rings (SSSR count). The fourth-order valence-electron chi connectivity index (χ4n) is 2.77. The molecule has 2 N–H and O–H groups in total. The maximum Gasteiger partial charge on any atom is 0.254 e. The number of aliphatic hydroxyl groups is 1. The predicted octanol–water partition coefficient (Wildman–Crippen LogP) is 2.82. The Kier molecular flexibility index (Phi) is 5.67. The summed E-state index contributed by atoms with van der Waals surface area (Å²) in [7, 11) is 0. The van der Waals surface area contributed by atoms with Gasteiger partial charge in [0.1, 0.15) is 0 Å². The van der Waals surface area contributed by atoms with Crippen molar-refractivity contribution in [3.8, 4) is 17.2 Å². The third kappa shape index (κ3) is 4.06. The van der Waals surface area contributed by atoms with Crippen molar-refractivity contribution in [2.45, 2.75) is 40.2 Å². The Morgan fingerprint density at radius 2 is 2.15 bits per heavy atom. The lowest BCUT2D eigenvalue weighted by atomic mass is 10.2. The minimum atomic E-state index is -0.554. The van der Waals surface area contributed by atoms with Crippen LogP contribution >= 0.6 is 11.3 Å². The molecule has 27 heavy (non-hydrogen) atoms. The molecule has 0 spiro atoms. The number of carbonyl (C=O) groups is 1. The Morgan fingerprint density at radius 3 is 2.81 bits per heavy atom. The number of amides is 1. The Morgan fingerprint density at radius 1 is 1.37 bits per heavy atom. The molecule has 0 radical (unpaired) electrons. The summed E-state index contributed by atoms with van der Waals surface area (Å²) in [6, 6.07) is 3.98. The average molecular weight is 385 g/mol. The zero-order valence-corrected chi connectivity index (χ0v) is 16.7. The summed E-state index contributed by atoms with van der Waals surface area (Å²) < 4.78 is 1.56. The molecule has 142 valence electrons. The molecule has 0 fully saturated rings. The summed E-state index contributed by atoms with van der Waals surface area (Å²) in [6.07, 6.45) is 3.23. The molecule has 3 heterocycles. The highest BCUT2D eigenvalue weighted by atomic mass is 32.1. The van der Waals surface area contributed by atoms with Crippen molar-refractivity contribution in [1.82, 2.24) is 25.1 Å². The Balaban J connectivity index is 1.88. The molecule has 1 unspecified atom stereocenters. The number of thiophene rings is 1. The highest BCUT2D eigenvalue weighted by molar-refractivity contribution is 7.12. The van der Waals surface area contributed by atoms with Crippen LogP contribution in [0, 0.1) is 20.8 Å². The maximum absolute atomic E-state index is 12.4. The van der Waals surface area contributed by atoms with Gasteiger partial charge in [-0.05, 0) is 39.3 Å². The summed E-state index contributed by atoms with van der Waals surface area (Å²) in [4.78, 5) is 23.7. The molecule has 7 nitrogen and oxygen atoms in total. The summed E-state index contributed by atoms with van der Waals surface area (Å²) in [5.41, 5.74) is 3.00. The largest absolute Gasteiger partial charge is 0.391 e. The van der Waals surface area contributed by atoms with E-state index in [0.29, 0.717) is 23.6 Å². The smallest absolute Gasteiger partial charge is 0.254 e. The quantitative estimate of drug-likeness (QED) is 0.681. The van der Waals surface area contributed by atoms with E-state index in [2.05, 4.69) is 40.3 Å². The van der Waals surface area contributed by atoms with Crippen molar-refractivity contribution in [2.75, 3.05) is 6.54 Å². The minimum absolute atomic E-state index is 0.211. The lowest BCUT2D eigenvalue weighted by Gasteiger charge is -2.09. The van der Waals surface area contributed by atoms with Crippen LogP contribution in [0.25, 0.3) is 17.2 Å². The van der Waals surface area contributed by atoms with Crippen LogP contribution in [-0.4, -0.2) is 43.4 Å². The van der Waals surface area contributed by atoms with E-state index < -0.39 is 6.10 Å². The third-order valence-electron chi connectivity index (χ3n) is 4.37. The number of carbonyl (C=O) groups excluding carboxylic acids is 1. The molecule has 3 aromatic rings. The van der Waals surface area contributed by atoms with Gasteiger partial charge >= 0.3 is 0 Å². The van der Waals surface area contributed by atoms with Gasteiger partial charge in [-0.1, -0.05) is 6.92 Å². The van der Waals surface area contributed by atoms with Gasteiger partial charge in [0.25, 0.3) is 11.9 Å². The minimum Gasteiger partial charge on any atom is -0.391 e. The second kappa shape index (κ2) is 7.98. The summed E-state index contributed by atoms with van der Waals surface area (Å²) in [5, 5.41) is 16.6. The highest BCUT2D eigenvalue weighted by Crippen LogP contribution is 2.29. The molecule has 0 aromatic carbocycles. The summed E-state index contributed by atoms with van der Waals surface area (Å²) >= 11 is 1.73. The van der Waals surface area contributed by atoms with Gasteiger partial charge in [0.2, 0.25) is 0 Å². The van der Waals surface area contributed by atoms with Gasteiger partial charge in [0.15, 0.2) is 0 Å². The topological polar surface area (TPSA) is 92.9 Å². The molecule has 0 saturated heterocycles. The number of hydrogen-bond acceptors (Lipinski definition) is 6. The highest BCUT2D eigenvalue weighted by Gasteiger charge is 2.18. The van der Waals surface area contributed by atoms with Crippen LogP contribution in [0.4, 0.5) is 0 Å². The van der Waals surface area contributed by atoms with Crippen LogP contribution in [0.3, 0.4) is 0 Å². The van der Waals surface area contributed by atoms with Gasteiger partial charge in [-0.3, -0.25) is 4.79 Å². The predicted molar refractivity (Wildman–Crippen MR) is 105 cm³/mol. The number of nitrogens with zero attached hydrogens (tertiary/aromatic N) is 4. The first kappa shape index (κ1) is 19.2. The molecule has 0 aliphatic rings. The number of nitrogens with one attached hydrogen (secondary N) is 1. The second-order valence-corrected chi connectivity index (χ2v) is 7.86. The monoisotopic (exact) mass is 385 g/mol. The number of aliphatic hydroxyl groups excluding tert-OH is 1. The van der Waals surface area contributed by atoms with E-state index in [1.807, 2.05) is 13.0 Å².